The highest BCUT2D eigenvalue weighted by Crippen LogP contribution is 2.09. The van der Waals surface area contributed by atoms with E-state index >= 15 is 0 Å². The summed E-state index contributed by atoms with van der Waals surface area (Å²) in [5.41, 5.74) is 0.314. The lowest BCUT2D eigenvalue weighted by atomic mass is 10.00. The van der Waals surface area contributed by atoms with Gasteiger partial charge >= 0.3 is 0 Å². The first-order chi connectivity index (χ1) is 5.02. The molecule has 0 saturated carbocycles. The molecule has 1 unspecified atom stereocenters. The lowest BCUT2D eigenvalue weighted by Crippen LogP contribution is -2.44. The standard InChI is InChI=1S/C10H23N/c1-6-8-9(3)11-10(4,5)7-2/h9,11H,6-8H2,1-5H3. The third-order valence-corrected chi connectivity index (χ3v) is 2.24. The van der Waals surface area contributed by atoms with Gasteiger partial charge in [-0.15, -0.1) is 0 Å². The molecule has 68 valence electrons. The van der Waals surface area contributed by atoms with Crippen LogP contribution in [-0.4, -0.2) is 11.6 Å². The Morgan fingerprint density at radius 1 is 1.27 bits per heavy atom. The molecule has 0 aliphatic carbocycles. The van der Waals surface area contributed by atoms with Crippen LogP contribution in [0.2, 0.25) is 0 Å². The zero-order chi connectivity index (χ0) is 8.91. The summed E-state index contributed by atoms with van der Waals surface area (Å²) >= 11 is 0. The summed E-state index contributed by atoms with van der Waals surface area (Å²) in [6.07, 6.45) is 3.75. The van der Waals surface area contributed by atoms with Gasteiger partial charge in [0, 0.05) is 11.6 Å². The first-order valence-electron chi connectivity index (χ1n) is 4.79. The molecule has 11 heavy (non-hydrogen) atoms. The fourth-order valence-electron chi connectivity index (χ4n) is 1.27. The summed E-state index contributed by atoms with van der Waals surface area (Å²) in [6.45, 7) is 11.3. The molecular formula is C10H23N. The predicted octanol–water partition coefficient (Wildman–Crippen LogP) is 2.95. The fourth-order valence-corrected chi connectivity index (χ4v) is 1.27. The maximum absolute atomic E-state index is 3.61. The molecule has 1 nitrogen and oxygen atoms in total. The van der Waals surface area contributed by atoms with E-state index in [1.165, 1.54) is 19.3 Å². The van der Waals surface area contributed by atoms with E-state index in [9.17, 15) is 0 Å². The third kappa shape index (κ3) is 5.25. The highest BCUT2D eigenvalue weighted by Gasteiger charge is 2.16. The Bertz CT molecular complexity index is 97.0. The van der Waals surface area contributed by atoms with E-state index in [-0.39, 0.29) is 0 Å². The molecule has 0 aliphatic heterocycles. The molecule has 0 saturated heterocycles. The monoisotopic (exact) mass is 157 g/mol. The van der Waals surface area contributed by atoms with Crippen molar-refractivity contribution in [2.75, 3.05) is 0 Å². The van der Waals surface area contributed by atoms with Crippen LogP contribution in [0.4, 0.5) is 0 Å². The van der Waals surface area contributed by atoms with Gasteiger partial charge in [0.2, 0.25) is 0 Å². The SMILES string of the molecule is CCCC(C)NC(C)(C)CC. The minimum atomic E-state index is 0.314. The number of hydrogen-bond donors (Lipinski definition) is 1. The van der Waals surface area contributed by atoms with Crippen LogP contribution in [0.15, 0.2) is 0 Å². The van der Waals surface area contributed by atoms with Crippen molar-refractivity contribution in [2.24, 2.45) is 0 Å². The molecule has 0 bridgehead atoms. The van der Waals surface area contributed by atoms with E-state index in [4.69, 9.17) is 0 Å². The Morgan fingerprint density at radius 3 is 2.18 bits per heavy atom. The molecule has 0 aromatic heterocycles. The summed E-state index contributed by atoms with van der Waals surface area (Å²) in [7, 11) is 0. The van der Waals surface area contributed by atoms with Gasteiger partial charge in [-0.2, -0.15) is 0 Å². The van der Waals surface area contributed by atoms with Gasteiger partial charge in [-0.3, -0.25) is 0 Å². The van der Waals surface area contributed by atoms with E-state index in [0.717, 1.165) is 0 Å². The molecule has 0 amide bonds. The van der Waals surface area contributed by atoms with Gasteiger partial charge in [0.05, 0.1) is 0 Å². The van der Waals surface area contributed by atoms with Gasteiger partial charge in [-0.25, -0.2) is 0 Å². The highest BCUT2D eigenvalue weighted by atomic mass is 15.0. The molecule has 0 heterocycles. The Morgan fingerprint density at radius 2 is 1.82 bits per heavy atom. The Balaban J connectivity index is 3.64. The van der Waals surface area contributed by atoms with E-state index in [1.807, 2.05) is 0 Å². The van der Waals surface area contributed by atoms with Crippen molar-refractivity contribution in [2.45, 2.75) is 65.5 Å². The summed E-state index contributed by atoms with van der Waals surface area (Å²) < 4.78 is 0. The molecule has 0 fully saturated rings. The minimum absolute atomic E-state index is 0.314. The number of rotatable bonds is 5. The molecular weight excluding hydrogens is 134 g/mol. The number of hydrogen-bond acceptors (Lipinski definition) is 1. The first kappa shape index (κ1) is 11.0. The van der Waals surface area contributed by atoms with E-state index in [0.29, 0.717) is 11.6 Å². The zero-order valence-corrected chi connectivity index (χ0v) is 8.70. The Kier molecular flexibility index (Phi) is 4.74. The molecule has 0 spiro atoms. The van der Waals surface area contributed by atoms with Gasteiger partial charge in [-0.05, 0) is 33.6 Å². The summed E-state index contributed by atoms with van der Waals surface area (Å²) in [5, 5.41) is 3.61. The third-order valence-electron chi connectivity index (χ3n) is 2.24. The molecule has 0 rings (SSSR count). The first-order valence-corrected chi connectivity index (χ1v) is 4.79. The maximum Gasteiger partial charge on any atom is 0.0125 e. The van der Waals surface area contributed by atoms with Crippen LogP contribution in [0.1, 0.15) is 53.9 Å². The smallest absolute Gasteiger partial charge is 0.0125 e. The van der Waals surface area contributed by atoms with Crippen molar-refractivity contribution in [1.29, 1.82) is 0 Å². The van der Waals surface area contributed by atoms with Crippen molar-refractivity contribution in [3.63, 3.8) is 0 Å². The van der Waals surface area contributed by atoms with Gasteiger partial charge in [-0.1, -0.05) is 20.3 Å². The minimum Gasteiger partial charge on any atom is -0.309 e. The molecule has 1 atom stereocenters. The molecule has 1 heteroatoms. The van der Waals surface area contributed by atoms with Crippen LogP contribution in [0.25, 0.3) is 0 Å². The average molecular weight is 157 g/mol. The summed E-state index contributed by atoms with van der Waals surface area (Å²) in [4.78, 5) is 0. The van der Waals surface area contributed by atoms with Gasteiger partial charge < -0.3 is 5.32 Å². The Labute approximate surface area is 71.6 Å². The molecule has 0 aliphatic rings. The molecule has 1 N–H and O–H groups in total. The Hall–Kier alpha value is -0.0400. The maximum atomic E-state index is 3.61. The average Bonchev–Trinajstić information content (AvgIpc) is 1.87. The van der Waals surface area contributed by atoms with Crippen LogP contribution >= 0.6 is 0 Å². The van der Waals surface area contributed by atoms with E-state index in [2.05, 4.69) is 39.9 Å². The van der Waals surface area contributed by atoms with Gasteiger partial charge in [0.1, 0.15) is 0 Å². The molecule has 0 aromatic rings. The van der Waals surface area contributed by atoms with E-state index < -0.39 is 0 Å². The second-order valence-electron chi connectivity index (χ2n) is 4.07. The van der Waals surface area contributed by atoms with Crippen LogP contribution in [-0.2, 0) is 0 Å². The second kappa shape index (κ2) is 4.76. The van der Waals surface area contributed by atoms with Crippen molar-refractivity contribution in [3.8, 4) is 0 Å². The molecule has 0 radical (unpaired) electrons. The van der Waals surface area contributed by atoms with E-state index in [1.54, 1.807) is 0 Å². The van der Waals surface area contributed by atoms with Crippen LogP contribution in [0.3, 0.4) is 0 Å². The lowest BCUT2D eigenvalue weighted by Gasteiger charge is -2.28. The topological polar surface area (TPSA) is 12.0 Å². The summed E-state index contributed by atoms with van der Waals surface area (Å²) in [5.74, 6) is 0. The van der Waals surface area contributed by atoms with Crippen molar-refractivity contribution in [1.82, 2.24) is 5.32 Å². The van der Waals surface area contributed by atoms with Crippen molar-refractivity contribution in [3.05, 3.63) is 0 Å². The van der Waals surface area contributed by atoms with Crippen molar-refractivity contribution >= 4 is 0 Å². The fraction of sp³-hybridized carbons (Fsp3) is 1.00. The van der Waals surface area contributed by atoms with Crippen LogP contribution in [0.5, 0.6) is 0 Å². The van der Waals surface area contributed by atoms with Gasteiger partial charge in [0.15, 0.2) is 0 Å². The van der Waals surface area contributed by atoms with Crippen LogP contribution in [0, 0.1) is 0 Å². The zero-order valence-electron chi connectivity index (χ0n) is 8.70. The van der Waals surface area contributed by atoms with Gasteiger partial charge in [0.25, 0.3) is 0 Å². The quantitative estimate of drug-likeness (QED) is 0.647. The lowest BCUT2D eigenvalue weighted by molar-refractivity contribution is 0.323. The largest absolute Gasteiger partial charge is 0.309 e. The molecule has 0 aromatic carbocycles. The second-order valence-corrected chi connectivity index (χ2v) is 4.07. The normalized spacial score (nSPS) is 15.0. The summed E-state index contributed by atoms with van der Waals surface area (Å²) in [6, 6.07) is 0.662. The highest BCUT2D eigenvalue weighted by molar-refractivity contribution is 4.78. The van der Waals surface area contributed by atoms with Crippen molar-refractivity contribution < 1.29 is 0 Å². The van der Waals surface area contributed by atoms with Crippen LogP contribution < -0.4 is 5.32 Å². The predicted molar refractivity (Wildman–Crippen MR) is 51.9 cm³/mol. The number of nitrogens with one attached hydrogen (secondary N) is 1.